The topological polar surface area (TPSA) is 96.8 Å². The molecule has 1 aliphatic rings. The molecule has 1 fully saturated rings. The van der Waals surface area contributed by atoms with Crippen LogP contribution in [0.2, 0.25) is 0 Å². The zero-order chi connectivity index (χ0) is 27.1. The van der Waals surface area contributed by atoms with Gasteiger partial charge in [0.2, 0.25) is 5.56 Å². The Morgan fingerprint density at radius 3 is 2.41 bits per heavy atom. The van der Waals surface area contributed by atoms with E-state index in [-0.39, 0.29) is 36.1 Å². The van der Waals surface area contributed by atoms with E-state index in [0.717, 1.165) is 21.6 Å². The van der Waals surface area contributed by atoms with E-state index in [0.29, 0.717) is 30.0 Å². The molecule has 1 saturated heterocycles. The lowest BCUT2D eigenvalue weighted by Gasteiger charge is -2.37. The van der Waals surface area contributed by atoms with Crippen LogP contribution in [-0.2, 0) is 7.05 Å². The molecular formula is C25H31F3N6O3. The maximum atomic E-state index is 13.4. The first-order valence-corrected chi connectivity index (χ1v) is 11.9. The molecule has 0 bridgehead atoms. The molecule has 3 heterocycles. The Labute approximate surface area is 211 Å². The highest BCUT2D eigenvalue weighted by Crippen LogP contribution is 2.32. The maximum Gasteiger partial charge on any atom is 0.401 e. The number of anilines is 3. The number of rotatable bonds is 6. The Hall–Kier alpha value is -3.51. The average Bonchev–Trinajstić information content (AvgIpc) is 2.82. The third kappa shape index (κ3) is 5.75. The van der Waals surface area contributed by atoms with Gasteiger partial charge in [0.05, 0.1) is 12.2 Å². The molecule has 1 aromatic carbocycles. The number of nitrogens with one attached hydrogen (secondary N) is 2. The summed E-state index contributed by atoms with van der Waals surface area (Å²) >= 11 is 0. The van der Waals surface area contributed by atoms with Gasteiger partial charge in [0.15, 0.2) is 5.82 Å². The first-order valence-electron chi connectivity index (χ1n) is 11.9. The number of piperazine rings is 1. The highest BCUT2D eigenvalue weighted by molar-refractivity contribution is 5.89. The van der Waals surface area contributed by atoms with E-state index in [4.69, 9.17) is 0 Å². The third-order valence-electron chi connectivity index (χ3n) is 6.67. The van der Waals surface area contributed by atoms with E-state index in [2.05, 4.69) is 10.3 Å². The monoisotopic (exact) mass is 520 g/mol. The molecule has 9 nitrogen and oxygen atoms in total. The fourth-order valence-corrected chi connectivity index (χ4v) is 4.87. The molecular weight excluding hydrogens is 489 g/mol. The molecule has 1 aliphatic heterocycles. The number of aromatic nitrogens is 2. The van der Waals surface area contributed by atoms with Gasteiger partial charge in [-0.25, -0.2) is 5.06 Å². The van der Waals surface area contributed by atoms with Crippen molar-refractivity contribution in [1.29, 1.82) is 0 Å². The van der Waals surface area contributed by atoms with Gasteiger partial charge in [-0.1, -0.05) is 6.07 Å². The minimum Gasteiger partial charge on any atom is -0.376 e. The minimum absolute atomic E-state index is 0.192. The van der Waals surface area contributed by atoms with E-state index in [9.17, 15) is 28.0 Å². The number of nitrogens with zero attached hydrogens (tertiary/aromatic N) is 4. The predicted molar refractivity (Wildman–Crippen MR) is 138 cm³/mol. The molecule has 0 saturated carbocycles. The van der Waals surface area contributed by atoms with Crippen LogP contribution in [0.5, 0.6) is 0 Å². The number of fused-ring (bicyclic) bond motifs is 1. The van der Waals surface area contributed by atoms with Crippen molar-refractivity contribution >= 4 is 28.1 Å². The predicted octanol–water partition coefficient (Wildman–Crippen LogP) is 3.22. The molecule has 4 rings (SSSR count). The minimum atomic E-state index is -4.25. The van der Waals surface area contributed by atoms with Crippen molar-refractivity contribution in [3.05, 3.63) is 62.2 Å². The van der Waals surface area contributed by atoms with Gasteiger partial charge >= 0.3 is 6.18 Å². The average molecular weight is 521 g/mol. The van der Waals surface area contributed by atoms with Crippen LogP contribution >= 0.6 is 0 Å². The zero-order valence-corrected chi connectivity index (χ0v) is 21.2. The first-order chi connectivity index (χ1) is 17.3. The summed E-state index contributed by atoms with van der Waals surface area (Å²) in [7, 11) is 3.07. The van der Waals surface area contributed by atoms with Gasteiger partial charge in [0, 0.05) is 57.8 Å². The number of hydrogen-bond acceptors (Lipinski definition) is 7. The second-order valence-corrected chi connectivity index (χ2v) is 9.53. The number of halogens is 3. The molecule has 1 unspecified atom stereocenters. The quantitative estimate of drug-likeness (QED) is 0.430. The van der Waals surface area contributed by atoms with Crippen LogP contribution in [0.1, 0.15) is 24.1 Å². The number of alkyl halides is 3. The number of benzene rings is 1. The second kappa shape index (κ2) is 10.1. The summed E-state index contributed by atoms with van der Waals surface area (Å²) < 4.78 is 40.0. The van der Waals surface area contributed by atoms with E-state index >= 15 is 0 Å². The van der Waals surface area contributed by atoms with Crippen molar-refractivity contribution < 1.29 is 18.4 Å². The number of hydroxylamine groups is 1. The number of H-pyrrole nitrogens is 1. The van der Waals surface area contributed by atoms with Crippen molar-refractivity contribution in [2.75, 3.05) is 55.1 Å². The summed E-state index contributed by atoms with van der Waals surface area (Å²) in [6.07, 6.45) is -4.25. The van der Waals surface area contributed by atoms with E-state index in [1.54, 1.807) is 17.7 Å². The van der Waals surface area contributed by atoms with Gasteiger partial charge in [-0.3, -0.25) is 24.3 Å². The van der Waals surface area contributed by atoms with Crippen LogP contribution in [0.4, 0.5) is 30.5 Å². The summed E-state index contributed by atoms with van der Waals surface area (Å²) in [5, 5.41) is 15.3. The van der Waals surface area contributed by atoms with E-state index < -0.39 is 12.7 Å². The van der Waals surface area contributed by atoms with Gasteiger partial charge < -0.3 is 15.2 Å². The van der Waals surface area contributed by atoms with Crippen molar-refractivity contribution in [3.63, 3.8) is 0 Å². The van der Waals surface area contributed by atoms with Gasteiger partial charge in [-0.2, -0.15) is 13.2 Å². The van der Waals surface area contributed by atoms with Crippen LogP contribution in [-0.4, -0.2) is 65.6 Å². The molecule has 12 heteroatoms. The molecule has 0 radical (unpaired) electrons. The fraction of sp³-hybridized carbons (Fsp3) is 0.440. The lowest BCUT2D eigenvalue weighted by atomic mass is 9.97. The standard InChI is InChI=1S/C25H31F3N6O3/c1-15-11-17(16(2)29-20-5-6-21(35)30-23(20)32(4)37)18-13-22(31(3)24(36)19(18)12-15)34-9-7-33(8-10-34)14-25(26,27)28/h5-6,11-13,16,29,37H,7-10,14H2,1-4H3,(H,30,35). The molecule has 0 amide bonds. The summed E-state index contributed by atoms with van der Waals surface area (Å²) in [4.78, 5) is 31.0. The fourth-order valence-electron chi connectivity index (χ4n) is 4.87. The first kappa shape index (κ1) is 26.6. The van der Waals surface area contributed by atoms with Crippen molar-refractivity contribution in [1.82, 2.24) is 14.5 Å². The Bertz CT molecular complexity index is 1410. The van der Waals surface area contributed by atoms with Crippen molar-refractivity contribution in [2.24, 2.45) is 7.05 Å². The second-order valence-electron chi connectivity index (χ2n) is 9.53. The molecule has 0 aliphatic carbocycles. The Balaban J connectivity index is 1.71. The van der Waals surface area contributed by atoms with Gasteiger partial charge in [0.1, 0.15) is 5.82 Å². The maximum absolute atomic E-state index is 13.4. The van der Waals surface area contributed by atoms with Crippen LogP contribution < -0.4 is 26.4 Å². The normalized spacial score (nSPS) is 15.7. The molecule has 0 spiro atoms. The lowest BCUT2D eigenvalue weighted by Crippen LogP contribution is -2.50. The zero-order valence-electron chi connectivity index (χ0n) is 21.2. The largest absolute Gasteiger partial charge is 0.401 e. The summed E-state index contributed by atoms with van der Waals surface area (Å²) in [5.41, 5.74) is 1.67. The Morgan fingerprint density at radius 2 is 1.78 bits per heavy atom. The van der Waals surface area contributed by atoms with Gasteiger partial charge in [-0.05, 0) is 48.6 Å². The molecule has 3 N–H and O–H groups in total. The van der Waals surface area contributed by atoms with Crippen molar-refractivity contribution in [2.45, 2.75) is 26.1 Å². The Morgan fingerprint density at radius 1 is 1.11 bits per heavy atom. The third-order valence-corrected chi connectivity index (χ3v) is 6.67. The van der Waals surface area contributed by atoms with Gasteiger partial charge in [-0.15, -0.1) is 0 Å². The highest BCUT2D eigenvalue weighted by Gasteiger charge is 2.32. The number of pyridine rings is 2. The highest BCUT2D eigenvalue weighted by atomic mass is 19.4. The van der Waals surface area contributed by atoms with E-state index in [1.165, 1.54) is 18.0 Å². The van der Waals surface area contributed by atoms with Crippen LogP contribution in [0.3, 0.4) is 0 Å². The molecule has 1 atom stereocenters. The molecule has 200 valence electrons. The number of hydrogen-bond donors (Lipinski definition) is 3. The lowest BCUT2D eigenvalue weighted by molar-refractivity contribution is -0.146. The number of aromatic amines is 1. The van der Waals surface area contributed by atoms with Crippen LogP contribution in [0.25, 0.3) is 10.8 Å². The molecule has 2 aromatic heterocycles. The SMILES string of the molecule is Cc1cc(C(C)Nc2ccc(=O)[nH]c2N(C)O)c2cc(N3CCN(CC(F)(F)F)CC3)n(C)c(=O)c2c1. The summed E-state index contributed by atoms with van der Waals surface area (Å²) in [6, 6.07) is 8.30. The Kier molecular flexibility index (Phi) is 7.24. The molecule has 37 heavy (non-hydrogen) atoms. The summed E-state index contributed by atoms with van der Waals surface area (Å²) in [5.74, 6) is 0.839. The van der Waals surface area contributed by atoms with Crippen LogP contribution in [0, 0.1) is 6.92 Å². The van der Waals surface area contributed by atoms with Gasteiger partial charge in [0.25, 0.3) is 5.56 Å². The molecule has 3 aromatic rings. The van der Waals surface area contributed by atoms with E-state index in [1.807, 2.05) is 36.9 Å². The van der Waals surface area contributed by atoms with Crippen LogP contribution in [0.15, 0.2) is 39.9 Å². The number of aryl methyl sites for hydroxylation is 1. The summed E-state index contributed by atoms with van der Waals surface area (Å²) in [6.45, 7) is 4.09. The van der Waals surface area contributed by atoms with Crippen molar-refractivity contribution in [3.8, 4) is 0 Å². The smallest absolute Gasteiger partial charge is 0.376 e.